The first-order valence-electron chi connectivity index (χ1n) is 9.88. The summed E-state index contributed by atoms with van der Waals surface area (Å²) in [6, 6.07) is 18.0. The van der Waals surface area contributed by atoms with Gasteiger partial charge in [-0.2, -0.15) is 0 Å². The molecule has 30 heavy (non-hydrogen) atoms. The lowest BCUT2D eigenvalue weighted by Gasteiger charge is -2.16. The molecule has 0 fully saturated rings. The smallest absolute Gasteiger partial charge is 0.180 e. The third kappa shape index (κ3) is 5.80. The molecule has 0 aliphatic rings. The number of halogens is 2. The van der Waals surface area contributed by atoms with Crippen LogP contribution in [-0.4, -0.2) is 13.2 Å². The Kier molecular flexibility index (Phi) is 7.80. The highest BCUT2D eigenvalue weighted by molar-refractivity contribution is 6.32. The van der Waals surface area contributed by atoms with Crippen LogP contribution >= 0.6 is 11.6 Å². The van der Waals surface area contributed by atoms with E-state index in [1.165, 1.54) is 6.07 Å². The average molecular weight is 430 g/mol. The molecule has 158 valence electrons. The van der Waals surface area contributed by atoms with E-state index in [1.54, 1.807) is 18.2 Å². The van der Waals surface area contributed by atoms with Gasteiger partial charge in [0, 0.05) is 17.8 Å². The van der Waals surface area contributed by atoms with Crippen LogP contribution in [0, 0.1) is 5.82 Å². The molecule has 0 saturated carbocycles. The van der Waals surface area contributed by atoms with Crippen LogP contribution in [0.4, 0.5) is 10.1 Å². The largest absolute Gasteiger partial charge is 0.494 e. The van der Waals surface area contributed by atoms with E-state index in [1.807, 2.05) is 50.2 Å². The Morgan fingerprint density at radius 3 is 2.33 bits per heavy atom. The maximum absolute atomic E-state index is 13.9. The Morgan fingerprint density at radius 1 is 0.900 bits per heavy atom. The summed E-state index contributed by atoms with van der Waals surface area (Å²) in [5.41, 5.74) is 2.36. The fourth-order valence-corrected chi connectivity index (χ4v) is 3.22. The summed E-state index contributed by atoms with van der Waals surface area (Å²) >= 11 is 6.47. The van der Waals surface area contributed by atoms with E-state index < -0.39 is 0 Å². The third-order valence-electron chi connectivity index (χ3n) is 4.36. The van der Waals surface area contributed by atoms with Crippen LogP contribution in [0.25, 0.3) is 0 Å². The van der Waals surface area contributed by atoms with E-state index in [0.29, 0.717) is 41.8 Å². The van der Waals surface area contributed by atoms with Crippen LogP contribution in [0.5, 0.6) is 17.2 Å². The monoisotopic (exact) mass is 429 g/mol. The molecule has 1 N–H and O–H groups in total. The molecule has 0 atom stereocenters. The number of rotatable bonds is 10. The van der Waals surface area contributed by atoms with Gasteiger partial charge in [0.05, 0.1) is 18.2 Å². The van der Waals surface area contributed by atoms with Gasteiger partial charge in [0.25, 0.3) is 0 Å². The van der Waals surface area contributed by atoms with Gasteiger partial charge in [0.2, 0.25) is 0 Å². The zero-order valence-electron chi connectivity index (χ0n) is 17.1. The normalized spacial score (nSPS) is 10.5. The second kappa shape index (κ2) is 10.7. The first-order chi connectivity index (χ1) is 14.6. The topological polar surface area (TPSA) is 39.7 Å². The van der Waals surface area contributed by atoms with Gasteiger partial charge in [-0.15, -0.1) is 0 Å². The summed E-state index contributed by atoms with van der Waals surface area (Å²) < 4.78 is 30.9. The van der Waals surface area contributed by atoms with Crippen molar-refractivity contribution in [2.45, 2.75) is 27.0 Å². The number of benzene rings is 3. The number of ether oxygens (including phenoxy) is 3. The number of hydrogen-bond donors (Lipinski definition) is 1. The molecular weight excluding hydrogens is 405 g/mol. The minimum Gasteiger partial charge on any atom is -0.494 e. The van der Waals surface area contributed by atoms with Crippen molar-refractivity contribution in [3.8, 4) is 17.2 Å². The van der Waals surface area contributed by atoms with Crippen molar-refractivity contribution in [2.24, 2.45) is 0 Å². The second-order valence-corrected chi connectivity index (χ2v) is 6.94. The summed E-state index contributed by atoms with van der Waals surface area (Å²) in [6.45, 7) is 5.56. The molecule has 4 nitrogen and oxygen atoms in total. The van der Waals surface area contributed by atoms with Crippen LogP contribution in [0.1, 0.15) is 25.0 Å². The highest BCUT2D eigenvalue weighted by Crippen LogP contribution is 2.37. The fourth-order valence-electron chi connectivity index (χ4n) is 2.93. The van der Waals surface area contributed by atoms with E-state index in [0.717, 1.165) is 17.0 Å². The van der Waals surface area contributed by atoms with Crippen LogP contribution in [0.3, 0.4) is 0 Å². The Balaban J connectivity index is 1.71. The molecule has 0 aliphatic carbocycles. The van der Waals surface area contributed by atoms with Gasteiger partial charge in [-0.25, -0.2) is 4.39 Å². The van der Waals surface area contributed by atoms with Gasteiger partial charge in [-0.05, 0) is 61.9 Å². The van der Waals surface area contributed by atoms with Crippen molar-refractivity contribution in [1.82, 2.24) is 0 Å². The SMILES string of the molecule is CCOc1ccc(NCc2cc(Cl)c(OCc3ccccc3F)c(OCC)c2)cc1. The van der Waals surface area contributed by atoms with Crippen LogP contribution in [0.15, 0.2) is 60.7 Å². The van der Waals surface area contributed by atoms with Crippen molar-refractivity contribution < 1.29 is 18.6 Å². The minimum atomic E-state index is -0.317. The molecular formula is C24H25ClFNO3. The Labute approximate surface area is 181 Å². The van der Waals surface area contributed by atoms with E-state index in [9.17, 15) is 4.39 Å². The summed E-state index contributed by atoms with van der Waals surface area (Å²) in [6.07, 6.45) is 0. The highest BCUT2D eigenvalue weighted by Gasteiger charge is 2.14. The molecule has 0 aromatic heterocycles. The average Bonchev–Trinajstić information content (AvgIpc) is 2.74. The first-order valence-corrected chi connectivity index (χ1v) is 10.3. The minimum absolute atomic E-state index is 0.0657. The number of anilines is 1. The van der Waals surface area contributed by atoms with Crippen LogP contribution < -0.4 is 19.5 Å². The molecule has 0 bridgehead atoms. The van der Waals surface area contributed by atoms with Crippen molar-refractivity contribution in [2.75, 3.05) is 18.5 Å². The predicted molar refractivity (Wildman–Crippen MR) is 118 cm³/mol. The zero-order chi connectivity index (χ0) is 21.3. The standard InChI is InChI=1S/C24H25ClFNO3/c1-3-28-20-11-9-19(10-12-20)27-15-17-13-21(25)24(23(14-17)29-4-2)30-16-18-7-5-6-8-22(18)26/h5-14,27H,3-4,15-16H2,1-2H3. The van der Waals surface area contributed by atoms with Gasteiger partial charge in [0.15, 0.2) is 11.5 Å². The molecule has 3 aromatic rings. The van der Waals surface area contributed by atoms with Crippen molar-refractivity contribution in [3.05, 3.63) is 82.6 Å². The Bertz CT molecular complexity index is 963. The molecule has 0 aliphatic heterocycles. The second-order valence-electron chi connectivity index (χ2n) is 6.53. The molecule has 0 amide bonds. The maximum atomic E-state index is 13.9. The van der Waals surface area contributed by atoms with Gasteiger partial charge in [-0.1, -0.05) is 29.8 Å². The molecule has 0 saturated heterocycles. The van der Waals surface area contributed by atoms with Gasteiger partial charge >= 0.3 is 0 Å². The molecule has 3 rings (SSSR count). The molecule has 0 unspecified atom stereocenters. The Hall–Kier alpha value is -2.92. The van der Waals surface area contributed by atoms with Crippen molar-refractivity contribution in [3.63, 3.8) is 0 Å². The zero-order valence-corrected chi connectivity index (χ0v) is 17.8. The molecule has 0 radical (unpaired) electrons. The number of hydrogen-bond acceptors (Lipinski definition) is 4. The predicted octanol–water partition coefficient (Wildman–Crippen LogP) is 6.47. The fraction of sp³-hybridized carbons (Fsp3) is 0.250. The summed E-state index contributed by atoms with van der Waals surface area (Å²) in [4.78, 5) is 0. The lowest BCUT2D eigenvalue weighted by Crippen LogP contribution is -2.04. The lowest BCUT2D eigenvalue weighted by molar-refractivity contribution is 0.266. The van der Waals surface area contributed by atoms with Crippen LogP contribution in [-0.2, 0) is 13.2 Å². The lowest BCUT2D eigenvalue weighted by atomic mass is 10.2. The van der Waals surface area contributed by atoms with E-state index in [4.69, 9.17) is 25.8 Å². The highest BCUT2D eigenvalue weighted by atomic mass is 35.5. The van der Waals surface area contributed by atoms with Crippen LogP contribution in [0.2, 0.25) is 5.02 Å². The summed E-state index contributed by atoms with van der Waals surface area (Å²) in [7, 11) is 0. The Morgan fingerprint density at radius 2 is 1.63 bits per heavy atom. The quantitative estimate of drug-likeness (QED) is 0.401. The van der Waals surface area contributed by atoms with Crippen molar-refractivity contribution >= 4 is 17.3 Å². The first kappa shape index (κ1) is 21.8. The summed E-state index contributed by atoms with van der Waals surface area (Å²) in [5, 5.41) is 3.77. The molecule has 0 spiro atoms. The van der Waals surface area contributed by atoms with Gasteiger partial charge in [-0.3, -0.25) is 0 Å². The van der Waals surface area contributed by atoms with E-state index in [-0.39, 0.29) is 12.4 Å². The molecule has 0 heterocycles. The van der Waals surface area contributed by atoms with Crippen molar-refractivity contribution in [1.29, 1.82) is 0 Å². The third-order valence-corrected chi connectivity index (χ3v) is 4.64. The summed E-state index contributed by atoms with van der Waals surface area (Å²) in [5.74, 6) is 1.46. The molecule has 6 heteroatoms. The van der Waals surface area contributed by atoms with E-state index >= 15 is 0 Å². The van der Waals surface area contributed by atoms with Gasteiger partial charge in [0.1, 0.15) is 18.2 Å². The number of nitrogens with one attached hydrogen (secondary N) is 1. The molecule has 3 aromatic carbocycles. The van der Waals surface area contributed by atoms with Gasteiger partial charge < -0.3 is 19.5 Å². The van der Waals surface area contributed by atoms with E-state index in [2.05, 4.69) is 5.32 Å². The maximum Gasteiger partial charge on any atom is 0.180 e.